The first-order valence-corrected chi connectivity index (χ1v) is 9.38. The fourth-order valence-electron chi connectivity index (χ4n) is 2.81. The SMILES string of the molecule is O=C(c1nccs1)N1CCCCCCO[C@H]([C@H](O)CO)[C@H](O)[C@H](O)C1. The van der Waals surface area contributed by atoms with Crippen molar-refractivity contribution in [3.63, 3.8) is 0 Å². The Kier molecular flexibility index (Phi) is 8.20. The molecule has 0 radical (unpaired) electrons. The fraction of sp³-hybridized carbons (Fsp3) is 0.750. The summed E-state index contributed by atoms with van der Waals surface area (Å²) in [4.78, 5) is 18.0. The molecule has 0 aromatic carbocycles. The van der Waals surface area contributed by atoms with E-state index in [1.807, 2.05) is 0 Å². The zero-order valence-electron chi connectivity index (χ0n) is 14.0. The fourth-order valence-corrected chi connectivity index (χ4v) is 3.41. The topological polar surface area (TPSA) is 123 Å². The number of amides is 1. The van der Waals surface area contributed by atoms with E-state index in [9.17, 15) is 20.1 Å². The van der Waals surface area contributed by atoms with E-state index in [-0.39, 0.29) is 12.5 Å². The molecule has 4 N–H and O–H groups in total. The molecule has 0 bridgehead atoms. The summed E-state index contributed by atoms with van der Waals surface area (Å²) >= 11 is 1.22. The van der Waals surface area contributed by atoms with Gasteiger partial charge in [-0.25, -0.2) is 4.98 Å². The van der Waals surface area contributed by atoms with Crippen molar-refractivity contribution in [2.24, 2.45) is 0 Å². The quantitative estimate of drug-likeness (QED) is 0.569. The van der Waals surface area contributed by atoms with Gasteiger partial charge < -0.3 is 30.1 Å². The molecule has 0 spiro atoms. The van der Waals surface area contributed by atoms with Gasteiger partial charge in [0.1, 0.15) is 24.4 Å². The molecule has 1 fully saturated rings. The second kappa shape index (κ2) is 10.1. The van der Waals surface area contributed by atoms with Gasteiger partial charge in [-0.15, -0.1) is 11.3 Å². The number of aromatic nitrogens is 1. The highest BCUT2D eigenvalue weighted by atomic mass is 32.1. The molecular weight excluding hydrogens is 348 g/mol. The average Bonchev–Trinajstić information content (AvgIpc) is 3.14. The van der Waals surface area contributed by atoms with Crippen LogP contribution in [0.5, 0.6) is 0 Å². The van der Waals surface area contributed by atoms with E-state index in [1.165, 1.54) is 16.2 Å². The molecule has 1 saturated heterocycles. The molecule has 4 atom stereocenters. The van der Waals surface area contributed by atoms with Gasteiger partial charge in [-0.3, -0.25) is 4.79 Å². The van der Waals surface area contributed by atoms with Crippen LogP contribution in [0, 0.1) is 0 Å². The Morgan fingerprint density at radius 2 is 2.12 bits per heavy atom. The molecule has 1 aromatic heterocycles. The molecule has 0 aliphatic carbocycles. The molecule has 1 aliphatic heterocycles. The molecule has 0 unspecified atom stereocenters. The third-order valence-corrected chi connectivity index (χ3v) is 5.00. The second-order valence-corrected chi connectivity index (χ2v) is 7.04. The van der Waals surface area contributed by atoms with Crippen LogP contribution in [0.3, 0.4) is 0 Å². The number of rotatable bonds is 3. The van der Waals surface area contributed by atoms with E-state index in [4.69, 9.17) is 9.84 Å². The minimum Gasteiger partial charge on any atom is -0.394 e. The third kappa shape index (κ3) is 5.70. The van der Waals surface area contributed by atoms with Crippen molar-refractivity contribution in [3.8, 4) is 0 Å². The number of aliphatic hydroxyl groups excluding tert-OH is 4. The van der Waals surface area contributed by atoms with Gasteiger partial charge >= 0.3 is 0 Å². The van der Waals surface area contributed by atoms with E-state index in [0.29, 0.717) is 18.2 Å². The van der Waals surface area contributed by atoms with Gasteiger partial charge in [0, 0.05) is 31.3 Å². The number of nitrogens with zero attached hydrogens (tertiary/aromatic N) is 2. The molecule has 1 aromatic rings. The summed E-state index contributed by atoms with van der Waals surface area (Å²) < 4.78 is 5.48. The summed E-state index contributed by atoms with van der Waals surface area (Å²) in [5.74, 6) is -0.293. The maximum Gasteiger partial charge on any atom is 0.282 e. The lowest BCUT2D eigenvalue weighted by atomic mass is 10.0. The van der Waals surface area contributed by atoms with E-state index in [2.05, 4.69) is 4.98 Å². The zero-order valence-corrected chi connectivity index (χ0v) is 14.8. The van der Waals surface area contributed by atoms with Crippen LogP contribution in [0.2, 0.25) is 0 Å². The van der Waals surface area contributed by atoms with Crippen molar-refractivity contribution in [1.82, 2.24) is 9.88 Å². The summed E-state index contributed by atoms with van der Waals surface area (Å²) in [6, 6.07) is 0. The van der Waals surface area contributed by atoms with Gasteiger partial charge in [-0.2, -0.15) is 0 Å². The predicted octanol–water partition coefficient (Wildman–Crippen LogP) is -0.381. The minimum absolute atomic E-state index is 0.0996. The van der Waals surface area contributed by atoms with Crippen LogP contribution in [0.25, 0.3) is 0 Å². The van der Waals surface area contributed by atoms with Crippen molar-refractivity contribution in [2.45, 2.75) is 50.1 Å². The summed E-state index contributed by atoms with van der Waals surface area (Å²) in [6.07, 6.45) is -0.312. The standard InChI is InChI=1S/C16H26N2O6S/c19-10-12(21)14-13(22)11(20)9-18(6-3-1-2-4-7-24-14)16(23)15-17-5-8-25-15/h5,8,11-14,19-22H,1-4,6-7,9-10H2/t11-,12-,13-,14-/m1/s1. The largest absolute Gasteiger partial charge is 0.394 e. The molecule has 142 valence electrons. The van der Waals surface area contributed by atoms with Gasteiger partial charge in [0.25, 0.3) is 5.91 Å². The highest BCUT2D eigenvalue weighted by Crippen LogP contribution is 2.16. The molecule has 8 nitrogen and oxygen atoms in total. The zero-order chi connectivity index (χ0) is 18.2. The van der Waals surface area contributed by atoms with Crippen molar-refractivity contribution >= 4 is 17.2 Å². The molecule has 2 heterocycles. The van der Waals surface area contributed by atoms with Gasteiger partial charge in [0.2, 0.25) is 0 Å². The summed E-state index contributed by atoms with van der Waals surface area (Å²) in [6.45, 7) is 0.0946. The molecule has 9 heteroatoms. The molecule has 2 rings (SSSR count). The van der Waals surface area contributed by atoms with Crippen LogP contribution in [0.4, 0.5) is 0 Å². The van der Waals surface area contributed by atoms with Crippen molar-refractivity contribution in [1.29, 1.82) is 0 Å². The normalized spacial score (nSPS) is 28.0. The Hall–Kier alpha value is -1.10. The third-order valence-electron chi connectivity index (χ3n) is 4.24. The maximum atomic E-state index is 12.6. The lowest BCUT2D eigenvalue weighted by Gasteiger charge is -2.33. The number of aliphatic hydroxyl groups is 4. The van der Waals surface area contributed by atoms with E-state index in [0.717, 1.165) is 25.7 Å². The number of ether oxygens (including phenoxy) is 1. The van der Waals surface area contributed by atoms with Crippen molar-refractivity contribution < 1.29 is 30.0 Å². The average molecular weight is 374 g/mol. The summed E-state index contributed by atoms with van der Waals surface area (Å²) in [5.41, 5.74) is 0. The number of carbonyl (C=O) groups is 1. The number of hydrogen-bond acceptors (Lipinski definition) is 8. The van der Waals surface area contributed by atoms with Gasteiger partial charge in [-0.1, -0.05) is 12.8 Å². The Balaban J connectivity index is 2.13. The molecule has 0 saturated carbocycles. The minimum atomic E-state index is -1.42. The van der Waals surface area contributed by atoms with Gasteiger partial charge in [0.15, 0.2) is 5.01 Å². The number of thiazole rings is 1. The summed E-state index contributed by atoms with van der Waals surface area (Å²) in [7, 11) is 0. The highest BCUT2D eigenvalue weighted by molar-refractivity contribution is 7.11. The monoisotopic (exact) mass is 374 g/mol. The Morgan fingerprint density at radius 1 is 1.36 bits per heavy atom. The smallest absolute Gasteiger partial charge is 0.282 e. The van der Waals surface area contributed by atoms with Crippen molar-refractivity contribution in [2.75, 3.05) is 26.3 Å². The highest BCUT2D eigenvalue weighted by Gasteiger charge is 2.34. The first-order chi connectivity index (χ1) is 12.0. The van der Waals surface area contributed by atoms with Crippen LogP contribution in [0.15, 0.2) is 11.6 Å². The summed E-state index contributed by atoms with van der Waals surface area (Å²) in [5, 5.41) is 41.8. The van der Waals surface area contributed by atoms with E-state index >= 15 is 0 Å². The number of β-amino-alcohol motifs (C(OH)–C–C–N with tert-alkyl or cyclic N) is 1. The van der Waals surface area contributed by atoms with Crippen LogP contribution in [-0.2, 0) is 4.74 Å². The lowest BCUT2D eigenvalue weighted by Crippen LogP contribution is -2.52. The first kappa shape index (κ1) is 20.2. The number of carbonyl (C=O) groups excluding carboxylic acids is 1. The predicted molar refractivity (Wildman–Crippen MR) is 91.3 cm³/mol. The van der Waals surface area contributed by atoms with E-state index in [1.54, 1.807) is 11.6 Å². The molecule has 1 aliphatic rings. The molecule has 1 amide bonds. The van der Waals surface area contributed by atoms with Gasteiger partial charge in [-0.05, 0) is 12.8 Å². The van der Waals surface area contributed by atoms with Crippen LogP contribution >= 0.6 is 11.3 Å². The molecule has 25 heavy (non-hydrogen) atoms. The second-order valence-electron chi connectivity index (χ2n) is 6.15. The van der Waals surface area contributed by atoms with Gasteiger partial charge in [0.05, 0.1) is 6.61 Å². The van der Waals surface area contributed by atoms with E-state index < -0.39 is 31.0 Å². The van der Waals surface area contributed by atoms with Crippen molar-refractivity contribution in [3.05, 3.63) is 16.6 Å². The Morgan fingerprint density at radius 3 is 2.80 bits per heavy atom. The lowest BCUT2D eigenvalue weighted by molar-refractivity contribution is -0.145. The van der Waals surface area contributed by atoms with Crippen LogP contribution in [0.1, 0.15) is 35.5 Å². The Labute approximate surface area is 150 Å². The Bertz CT molecular complexity index is 515. The first-order valence-electron chi connectivity index (χ1n) is 8.50. The number of hydrogen-bond donors (Lipinski definition) is 4. The maximum absolute atomic E-state index is 12.6. The van der Waals surface area contributed by atoms with Crippen LogP contribution in [-0.4, -0.2) is 86.9 Å². The molecular formula is C16H26N2O6S. The van der Waals surface area contributed by atoms with Crippen LogP contribution < -0.4 is 0 Å².